The molecule has 0 N–H and O–H groups in total. The minimum Gasteiger partial charge on any atom is -0.437 e. The van der Waals surface area contributed by atoms with Gasteiger partial charge in [-0.05, 0) is 124 Å². The van der Waals surface area contributed by atoms with Crippen LogP contribution >= 0.6 is 0 Å². The fourth-order valence-electron chi connectivity index (χ4n) is 4.80. The molecule has 0 radical (unpaired) electrons. The molecule has 0 bridgehead atoms. The molecular weight excluding hydrogens is 609 g/mol. The Balaban J connectivity index is 5.16. The first-order chi connectivity index (χ1) is 15.3. The van der Waals surface area contributed by atoms with Crippen molar-refractivity contribution in [3.05, 3.63) is 0 Å². The van der Waals surface area contributed by atoms with Crippen molar-refractivity contribution in [2.24, 2.45) is 0 Å². The summed E-state index contributed by atoms with van der Waals surface area (Å²) in [6.45, 7) is 40.3. The lowest BCUT2D eigenvalue weighted by atomic mass is 11.8. The third kappa shape index (κ3) is 18.8. The maximum atomic E-state index is 6.62. The summed E-state index contributed by atoms with van der Waals surface area (Å²) in [5.74, 6) is 0. The van der Waals surface area contributed by atoms with E-state index < -0.39 is 77.3 Å². The van der Waals surface area contributed by atoms with E-state index in [1.165, 1.54) is 0 Å². The lowest BCUT2D eigenvalue weighted by Crippen LogP contribution is -2.59. The zero-order chi connectivity index (χ0) is 29.2. The molecule has 0 aliphatic rings. The number of hydrogen-bond acceptors (Lipinski definition) is 8. The molecule has 36 heavy (non-hydrogen) atoms. The van der Waals surface area contributed by atoms with Crippen molar-refractivity contribution in [1.82, 2.24) is 0 Å². The van der Waals surface area contributed by atoms with Crippen molar-refractivity contribution in [2.75, 3.05) is 0 Å². The van der Waals surface area contributed by atoms with Gasteiger partial charge in [0, 0.05) is 0 Å². The Kier molecular flexibility index (Phi) is 13.2. The van der Waals surface area contributed by atoms with Crippen LogP contribution in [-0.2, 0) is 32.9 Å². The van der Waals surface area contributed by atoms with E-state index in [4.69, 9.17) is 32.9 Å². The van der Waals surface area contributed by atoms with Crippen LogP contribution in [0.25, 0.3) is 0 Å². The molecule has 1 atom stereocenters. The molecule has 0 fully saturated rings. The van der Waals surface area contributed by atoms with Crippen LogP contribution in [0.5, 0.6) is 0 Å². The van der Waals surface area contributed by atoms with Crippen LogP contribution in [0.3, 0.4) is 0 Å². The van der Waals surface area contributed by atoms with Crippen molar-refractivity contribution in [1.29, 1.82) is 0 Å². The highest BCUT2D eigenvalue weighted by Crippen LogP contribution is 2.27. The minimum atomic E-state index is -2.53. The Morgan fingerprint density at radius 1 is 0.306 bits per heavy atom. The SMILES string of the molecule is C[SiH](O[Si](C)(C)O[Si](C)(C)O[Si](C)(C)C)O[Si](C)(C)O[Si](C)(C)O[Si](C)(C)O[Si](C)(C)O[Si](C)(C)C. The molecule has 0 spiro atoms. The standard InChI is InChI=1S/C19H58O8Si9/c1-28(20-31(8,9)24-33(12,13)22-29(2,3)4)21-32(10,11)25-35(16,17)27-36(18,19)26-34(14,15)23-30(5,6)7/h28H,1-19H3. The maximum absolute atomic E-state index is 6.62. The van der Waals surface area contributed by atoms with Gasteiger partial charge in [0.05, 0.1) is 0 Å². The summed E-state index contributed by atoms with van der Waals surface area (Å²) >= 11 is 0. The molecule has 0 heterocycles. The second-order valence-electron chi connectivity index (χ2n) is 14.0. The van der Waals surface area contributed by atoms with Crippen LogP contribution in [0.15, 0.2) is 0 Å². The Morgan fingerprint density at radius 2 is 0.500 bits per heavy atom. The zero-order valence-electron chi connectivity index (χ0n) is 26.8. The van der Waals surface area contributed by atoms with Crippen molar-refractivity contribution < 1.29 is 32.9 Å². The first-order valence-electron chi connectivity index (χ1n) is 12.9. The van der Waals surface area contributed by atoms with Crippen LogP contribution in [0.1, 0.15) is 0 Å². The molecule has 0 amide bonds. The lowest BCUT2D eigenvalue weighted by molar-refractivity contribution is 0.269. The van der Waals surface area contributed by atoms with E-state index in [0.29, 0.717) is 0 Å². The van der Waals surface area contributed by atoms with Crippen LogP contribution in [0.2, 0.25) is 124 Å². The van der Waals surface area contributed by atoms with Gasteiger partial charge >= 0.3 is 60.6 Å². The monoisotopic (exact) mass is 666 g/mol. The highest BCUT2D eigenvalue weighted by molar-refractivity contribution is 6.91. The van der Waals surface area contributed by atoms with Crippen molar-refractivity contribution in [3.8, 4) is 0 Å². The fraction of sp³-hybridized carbons (Fsp3) is 1.00. The summed E-state index contributed by atoms with van der Waals surface area (Å²) in [5, 5.41) is 0. The minimum absolute atomic E-state index is 1.69. The summed E-state index contributed by atoms with van der Waals surface area (Å²) < 4.78 is 52.0. The van der Waals surface area contributed by atoms with Gasteiger partial charge in [-0.2, -0.15) is 0 Å². The second-order valence-corrected chi connectivity index (χ2v) is 47.2. The van der Waals surface area contributed by atoms with E-state index in [0.717, 1.165) is 0 Å². The zero-order valence-corrected chi connectivity index (χ0v) is 36.0. The van der Waals surface area contributed by atoms with E-state index in [1.54, 1.807) is 0 Å². The van der Waals surface area contributed by atoms with Crippen molar-refractivity contribution in [2.45, 2.75) is 124 Å². The summed E-state index contributed by atoms with van der Waals surface area (Å²) in [5.41, 5.74) is 0. The predicted octanol–water partition coefficient (Wildman–Crippen LogP) is 6.85. The number of hydrogen-bond donors (Lipinski definition) is 0. The first kappa shape index (κ1) is 37.6. The van der Waals surface area contributed by atoms with Gasteiger partial charge in [-0.3, -0.25) is 0 Å². The summed E-state index contributed by atoms with van der Waals surface area (Å²) in [4.78, 5) is 0. The van der Waals surface area contributed by atoms with E-state index in [-0.39, 0.29) is 0 Å². The third-order valence-corrected chi connectivity index (χ3v) is 35.7. The molecular formula is C19H58O8Si9. The van der Waals surface area contributed by atoms with Crippen molar-refractivity contribution >= 4 is 77.3 Å². The molecule has 0 aliphatic heterocycles. The van der Waals surface area contributed by atoms with E-state index in [2.05, 4.69) is 124 Å². The van der Waals surface area contributed by atoms with E-state index in [1.807, 2.05) is 0 Å². The molecule has 0 saturated heterocycles. The average Bonchev–Trinajstić information content (AvgIpc) is 2.31. The topological polar surface area (TPSA) is 73.8 Å². The highest BCUT2D eigenvalue weighted by atomic mass is 28.5. The van der Waals surface area contributed by atoms with Gasteiger partial charge in [0.15, 0.2) is 16.6 Å². The molecule has 218 valence electrons. The van der Waals surface area contributed by atoms with Crippen molar-refractivity contribution in [3.63, 3.8) is 0 Å². The largest absolute Gasteiger partial charge is 0.437 e. The van der Waals surface area contributed by atoms with Crippen LogP contribution in [0, 0.1) is 0 Å². The van der Waals surface area contributed by atoms with E-state index in [9.17, 15) is 0 Å². The molecule has 0 aromatic carbocycles. The Bertz CT molecular complexity index is 704. The first-order valence-corrected chi connectivity index (χ1v) is 38.7. The Morgan fingerprint density at radius 3 is 0.722 bits per heavy atom. The summed E-state index contributed by atoms with van der Waals surface area (Å²) in [6, 6.07) is 0. The molecule has 0 saturated carbocycles. The molecule has 0 aliphatic carbocycles. The molecule has 0 aromatic rings. The number of rotatable bonds is 16. The molecule has 0 aromatic heterocycles. The van der Waals surface area contributed by atoms with E-state index >= 15 is 0 Å². The fourth-order valence-corrected chi connectivity index (χ4v) is 46.0. The lowest BCUT2D eigenvalue weighted by Gasteiger charge is -2.42. The molecule has 1 unspecified atom stereocenters. The van der Waals surface area contributed by atoms with Gasteiger partial charge < -0.3 is 32.9 Å². The van der Waals surface area contributed by atoms with Crippen LogP contribution in [-0.4, -0.2) is 77.3 Å². The smallest absolute Gasteiger partial charge is 0.314 e. The van der Waals surface area contributed by atoms with Gasteiger partial charge in [-0.25, -0.2) is 0 Å². The summed E-state index contributed by atoms with van der Waals surface area (Å²) in [6.07, 6.45) is 0. The Hall–Kier alpha value is 1.63. The van der Waals surface area contributed by atoms with Crippen LogP contribution in [0.4, 0.5) is 0 Å². The highest BCUT2D eigenvalue weighted by Gasteiger charge is 2.47. The van der Waals surface area contributed by atoms with Gasteiger partial charge in [-0.15, -0.1) is 0 Å². The maximum Gasteiger partial charge on any atom is 0.314 e. The second kappa shape index (κ2) is 12.7. The normalized spacial score (nSPS) is 16.4. The predicted molar refractivity (Wildman–Crippen MR) is 173 cm³/mol. The van der Waals surface area contributed by atoms with Gasteiger partial charge in [0.25, 0.3) is 0 Å². The van der Waals surface area contributed by atoms with Gasteiger partial charge in [0.1, 0.15) is 0 Å². The summed E-state index contributed by atoms with van der Waals surface area (Å²) in [7, 11) is -19.9. The average molecular weight is 667 g/mol. The van der Waals surface area contributed by atoms with Crippen LogP contribution < -0.4 is 0 Å². The van der Waals surface area contributed by atoms with Gasteiger partial charge in [0.2, 0.25) is 0 Å². The molecule has 8 nitrogen and oxygen atoms in total. The molecule has 0 rings (SSSR count). The third-order valence-electron chi connectivity index (χ3n) is 3.97. The Labute approximate surface area is 233 Å². The van der Waals surface area contributed by atoms with Gasteiger partial charge in [-0.1, -0.05) is 0 Å². The molecule has 17 heteroatoms. The quantitative estimate of drug-likeness (QED) is 0.166.